The van der Waals surface area contributed by atoms with Crippen LogP contribution in [-0.4, -0.2) is 35.9 Å². The topological polar surface area (TPSA) is 58.6 Å². The van der Waals surface area contributed by atoms with Crippen LogP contribution in [0.15, 0.2) is 84.9 Å². The molecule has 1 N–H and O–H groups in total. The molecule has 0 unspecified atom stereocenters. The average Bonchev–Trinajstić information content (AvgIpc) is 2.85. The Labute approximate surface area is 194 Å². The van der Waals surface area contributed by atoms with Gasteiger partial charge < -0.3 is 15.0 Å². The van der Waals surface area contributed by atoms with Gasteiger partial charge in [-0.3, -0.25) is 9.59 Å². The van der Waals surface area contributed by atoms with E-state index in [4.69, 9.17) is 4.74 Å². The summed E-state index contributed by atoms with van der Waals surface area (Å²) in [6.45, 7) is 2.35. The lowest BCUT2D eigenvalue weighted by Crippen LogP contribution is -2.51. The first-order valence-corrected chi connectivity index (χ1v) is 11.1. The number of rotatable bonds is 11. The lowest BCUT2D eigenvalue weighted by molar-refractivity contribution is -0.142. The third kappa shape index (κ3) is 7.17. The third-order valence-electron chi connectivity index (χ3n) is 5.20. The summed E-state index contributed by atoms with van der Waals surface area (Å²) in [5.41, 5.74) is 1.83. The normalized spacial score (nSPS) is 11.5. The molecule has 3 rings (SSSR count). The van der Waals surface area contributed by atoms with Crippen molar-refractivity contribution >= 4 is 11.8 Å². The third-order valence-corrected chi connectivity index (χ3v) is 5.20. The van der Waals surface area contributed by atoms with Gasteiger partial charge in [-0.1, -0.05) is 79.7 Å². The van der Waals surface area contributed by atoms with Crippen LogP contribution in [0.4, 0.5) is 4.39 Å². The Balaban J connectivity index is 1.87. The molecule has 0 aromatic heterocycles. The molecule has 3 aromatic carbocycles. The Morgan fingerprint density at radius 1 is 0.909 bits per heavy atom. The van der Waals surface area contributed by atoms with Crippen molar-refractivity contribution in [2.75, 3.05) is 13.2 Å². The standard InChI is InChI=1S/C27H29FN2O3/c1-2-17-29-27(32)24(18-21-11-5-3-6-12-21)30(19-22-13-7-4-8-14-22)26(31)20-33-25-16-10-9-15-23(25)28/h3-16,24H,2,17-20H2,1H3,(H,29,32)/t24-/m0/s1. The molecule has 5 nitrogen and oxygen atoms in total. The summed E-state index contributed by atoms with van der Waals surface area (Å²) in [6.07, 6.45) is 1.14. The van der Waals surface area contributed by atoms with Crippen LogP contribution in [-0.2, 0) is 22.6 Å². The van der Waals surface area contributed by atoms with E-state index in [0.29, 0.717) is 13.0 Å². The Hall–Kier alpha value is -3.67. The van der Waals surface area contributed by atoms with Crippen LogP contribution in [0.2, 0.25) is 0 Å². The van der Waals surface area contributed by atoms with E-state index in [9.17, 15) is 14.0 Å². The van der Waals surface area contributed by atoms with Crippen LogP contribution in [0.5, 0.6) is 5.75 Å². The van der Waals surface area contributed by atoms with Gasteiger partial charge in [0.1, 0.15) is 6.04 Å². The molecular formula is C27H29FN2O3. The fourth-order valence-electron chi connectivity index (χ4n) is 3.48. The highest BCUT2D eigenvalue weighted by atomic mass is 19.1. The monoisotopic (exact) mass is 448 g/mol. The molecule has 0 spiro atoms. The molecule has 0 aliphatic heterocycles. The van der Waals surface area contributed by atoms with Crippen LogP contribution < -0.4 is 10.1 Å². The van der Waals surface area contributed by atoms with Crippen molar-refractivity contribution in [3.63, 3.8) is 0 Å². The Kier molecular flexibility index (Phi) is 9.00. The second kappa shape index (κ2) is 12.4. The van der Waals surface area contributed by atoms with Gasteiger partial charge in [-0.2, -0.15) is 0 Å². The van der Waals surface area contributed by atoms with Gasteiger partial charge in [-0.05, 0) is 29.7 Å². The van der Waals surface area contributed by atoms with E-state index in [2.05, 4.69) is 5.32 Å². The van der Waals surface area contributed by atoms with Gasteiger partial charge in [0.05, 0.1) is 0 Å². The summed E-state index contributed by atoms with van der Waals surface area (Å²) in [4.78, 5) is 28.0. The van der Waals surface area contributed by atoms with Gasteiger partial charge in [-0.15, -0.1) is 0 Å². The van der Waals surface area contributed by atoms with Crippen molar-refractivity contribution in [3.8, 4) is 5.75 Å². The predicted octanol–water partition coefficient (Wildman–Crippen LogP) is 4.37. The Morgan fingerprint density at radius 3 is 2.15 bits per heavy atom. The van der Waals surface area contributed by atoms with Crippen molar-refractivity contribution in [3.05, 3.63) is 102 Å². The maximum absolute atomic E-state index is 14.0. The van der Waals surface area contributed by atoms with Crippen LogP contribution in [0.3, 0.4) is 0 Å². The average molecular weight is 449 g/mol. The molecule has 1 atom stereocenters. The highest BCUT2D eigenvalue weighted by molar-refractivity contribution is 5.88. The molecule has 0 heterocycles. The van der Waals surface area contributed by atoms with Crippen molar-refractivity contribution in [1.29, 1.82) is 0 Å². The van der Waals surface area contributed by atoms with Gasteiger partial charge in [0.25, 0.3) is 5.91 Å². The van der Waals surface area contributed by atoms with Gasteiger partial charge in [0, 0.05) is 19.5 Å². The minimum atomic E-state index is -0.740. The molecule has 172 valence electrons. The molecule has 0 saturated heterocycles. The highest BCUT2D eigenvalue weighted by Gasteiger charge is 2.30. The molecular weight excluding hydrogens is 419 g/mol. The van der Waals surface area contributed by atoms with Crippen molar-refractivity contribution < 1.29 is 18.7 Å². The minimum absolute atomic E-state index is 0.000514. The largest absolute Gasteiger partial charge is 0.481 e. The zero-order valence-corrected chi connectivity index (χ0v) is 18.7. The van der Waals surface area contributed by atoms with Crippen LogP contribution >= 0.6 is 0 Å². The number of benzene rings is 3. The SMILES string of the molecule is CCCNC(=O)[C@H](Cc1ccccc1)N(Cc1ccccc1)C(=O)COc1ccccc1F. The summed E-state index contributed by atoms with van der Waals surface area (Å²) in [5.74, 6) is -1.16. The Bertz CT molecular complexity index is 1030. The number of nitrogens with one attached hydrogen (secondary N) is 1. The number of nitrogens with zero attached hydrogens (tertiary/aromatic N) is 1. The molecule has 0 bridgehead atoms. The second-order valence-corrected chi connectivity index (χ2v) is 7.72. The first kappa shape index (κ1) is 24.0. The summed E-state index contributed by atoms with van der Waals surface area (Å²) in [5, 5.41) is 2.92. The molecule has 0 aliphatic carbocycles. The quantitative estimate of drug-likeness (QED) is 0.474. The van der Waals surface area contributed by atoms with E-state index in [-0.39, 0.29) is 24.8 Å². The molecule has 33 heavy (non-hydrogen) atoms. The molecule has 3 aromatic rings. The van der Waals surface area contributed by atoms with Crippen LogP contribution in [0, 0.1) is 5.82 Å². The van der Waals surface area contributed by atoms with E-state index in [1.54, 1.807) is 12.1 Å². The van der Waals surface area contributed by atoms with Gasteiger partial charge in [-0.25, -0.2) is 4.39 Å². The summed E-state index contributed by atoms with van der Waals surface area (Å²) < 4.78 is 19.5. The van der Waals surface area contributed by atoms with E-state index in [0.717, 1.165) is 17.5 Å². The molecule has 6 heteroatoms. The first-order valence-electron chi connectivity index (χ1n) is 11.1. The minimum Gasteiger partial charge on any atom is -0.481 e. The first-order chi connectivity index (χ1) is 16.1. The van der Waals surface area contributed by atoms with Crippen LogP contribution in [0.1, 0.15) is 24.5 Å². The zero-order valence-electron chi connectivity index (χ0n) is 18.7. The fraction of sp³-hybridized carbons (Fsp3) is 0.259. The number of ether oxygens (including phenoxy) is 1. The van der Waals surface area contributed by atoms with E-state index < -0.39 is 17.8 Å². The van der Waals surface area contributed by atoms with Gasteiger partial charge in [0.2, 0.25) is 5.91 Å². The summed E-state index contributed by atoms with van der Waals surface area (Å²) >= 11 is 0. The summed E-state index contributed by atoms with van der Waals surface area (Å²) in [7, 11) is 0. The van der Waals surface area contributed by atoms with Crippen molar-refractivity contribution in [2.45, 2.75) is 32.4 Å². The lowest BCUT2D eigenvalue weighted by Gasteiger charge is -2.31. The van der Waals surface area contributed by atoms with Crippen molar-refractivity contribution in [2.24, 2.45) is 0 Å². The molecule has 0 fully saturated rings. The molecule has 0 radical (unpaired) electrons. The van der Waals surface area contributed by atoms with Crippen molar-refractivity contribution in [1.82, 2.24) is 10.2 Å². The number of carbonyl (C=O) groups is 2. The lowest BCUT2D eigenvalue weighted by atomic mass is 10.0. The van der Waals surface area contributed by atoms with Gasteiger partial charge >= 0.3 is 0 Å². The second-order valence-electron chi connectivity index (χ2n) is 7.72. The number of amides is 2. The number of halogens is 1. The maximum Gasteiger partial charge on any atom is 0.261 e. The number of para-hydroxylation sites is 1. The Morgan fingerprint density at radius 2 is 1.52 bits per heavy atom. The van der Waals surface area contributed by atoms with E-state index >= 15 is 0 Å². The number of hydrogen-bond acceptors (Lipinski definition) is 3. The van der Waals surface area contributed by atoms with Gasteiger partial charge in [0.15, 0.2) is 18.2 Å². The number of carbonyl (C=O) groups excluding carboxylic acids is 2. The van der Waals surface area contributed by atoms with Crippen LogP contribution in [0.25, 0.3) is 0 Å². The fourth-order valence-corrected chi connectivity index (χ4v) is 3.48. The maximum atomic E-state index is 14.0. The number of hydrogen-bond donors (Lipinski definition) is 1. The van der Waals surface area contributed by atoms with E-state index in [1.807, 2.05) is 67.6 Å². The zero-order chi connectivity index (χ0) is 23.5. The highest BCUT2D eigenvalue weighted by Crippen LogP contribution is 2.18. The van der Waals surface area contributed by atoms with E-state index in [1.165, 1.54) is 17.0 Å². The summed E-state index contributed by atoms with van der Waals surface area (Å²) in [6, 6.07) is 24.3. The smallest absolute Gasteiger partial charge is 0.261 e. The molecule has 0 aliphatic rings. The predicted molar refractivity (Wildman–Crippen MR) is 126 cm³/mol. The molecule has 0 saturated carbocycles. The molecule has 2 amide bonds.